The van der Waals surface area contributed by atoms with E-state index in [-0.39, 0.29) is 7.43 Å². The van der Waals surface area contributed by atoms with Crippen molar-refractivity contribution in [1.82, 2.24) is 0 Å². The van der Waals surface area contributed by atoms with Gasteiger partial charge in [-0.05, 0) is 20.8 Å². The molecule has 6 heteroatoms. The van der Waals surface area contributed by atoms with E-state index in [0.29, 0.717) is 0 Å². The number of hydrogen-bond donors (Lipinski definition) is 1. The van der Waals surface area contributed by atoms with Gasteiger partial charge in [0.05, 0.1) is 19.6 Å². The van der Waals surface area contributed by atoms with Crippen LogP contribution in [-0.4, -0.2) is 26.9 Å². The molecule has 0 aliphatic rings. The minimum Gasteiger partial charge on any atom is -0.418 e. The second-order valence-electron chi connectivity index (χ2n) is 2.31. The summed E-state index contributed by atoms with van der Waals surface area (Å²) in [6, 6.07) is 0. The lowest BCUT2D eigenvalue weighted by Gasteiger charge is -2.10. The normalized spacial score (nSPS) is 10.2. The molecule has 13 heavy (non-hydrogen) atoms. The van der Waals surface area contributed by atoms with Crippen LogP contribution >= 0.6 is 0 Å². The van der Waals surface area contributed by atoms with Crippen LogP contribution in [0.15, 0.2) is 0 Å². The Morgan fingerprint density at radius 3 is 1.00 bits per heavy atom. The van der Waals surface area contributed by atoms with Crippen LogP contribution < -0.4 is 4.90 Å². The molecule has 1 N–H and O–H groups in total. The first-order valence-electron chi connectivity index (χ1n) is 4.05. The van der Waals surface area contributed by atoms with E-state index in [2.05, 4.69) is 20.8 Å². The van der Waals surface area contributed by atoms with E-state index in [1.807, 2.05) is 0 Å². The zero-order valence-electron chi connectivity index (χ0n) is 7.71. The minimum absolute atomic E-state index is 0. The highest BCUT2D eigenvalue weighted by atomic mass is 19.5. The van der Waals surface area contributed by atoms with E-state index in [1.54, 1.807) is 4.90 Å². The van der Waals surface area contributed by atoms with Gasteiger partial charge in [-0.15, -0.1) is 0 Å². The molecule has 0 spiro atoms. The summed E-state index contributed by atoms with van der Waals surface area (Å²) in [4.78, 5) is 1.68. The first kappa shape index (κ1) is 18.5. The fourth-order valence-corrected chi connectivity index (χ4v) is 0.750. The van der Waals surface area contributed by atoms with Crippen LogP contribution in [0.25, 0.3) is 0 Å². The molecule has 0 saturated heterocycles. The molecule has 0 amide bonds. The third kappa shape index (κ3) is 33.8. The molecule has 0 heterocycles. The van der Waals surface area contributed by atoms with Gasteiger partial charge >= 0.3 is 7.25 Å². The highest BCUT2D eigenvalue weighted by molar-refractivity contribution is 6.50. The van der Waals surface area contributed by atoms with Crippen LogP contribution in [0, 0.1) is 0 Å². The highest BCUT2D eigenvalue weighted by Crippen LogP contribution is 2.06. The molecule has 1 nitrogen and oxygen atoms in total. The minimum atomic E-state index is -6.00. The maximum absolute atomic E-state index is 9.75. The van der Waals surface area contributed by atoms with Crippen molar-refractivity contribution < 1.29 is 22.2 Å². The van der Waals surface area contributed by atoms with Gasteiger partial charge in [-0.1, -0.05) is 7.43 Å². The Bertz CT molecular complexity index is 81.5. The van der Waals surface area contributed by atoms with Gasteiger partial charge < -0.3 is 22.2 Å². The van der Waals surface area contributed by atoms with E-state index in [9.17, 15) is 17.3 Å². The van der Waals surface area contributed by atoms with E-state index >= 15 is 0 Å². The highest BCUT2D eigenvalue weighted by Gasteiger charge is 2.20. The van der Waals surface area contributed by atoms with Crippen molar-refractivity contribution in [2.45, 2.75) is 28.2 Å². The fourth-order valence-electron chi connectivity index (χ4n) is 0.750. The number of nitrogens with one attached hydrogen (secondary N) is 1. The third-order valence-corrected chi connectivity index (χ3v) is 1.50. The lowest BCUT2D eigenvalue weighted by atomic mass is 10.3. The molecule has 0 aromatic rings. The van der Waals surface area contributed by atoms with Crippen LogP contribution in [0.2, 0.25) is 0 Å². The maximum atomic E-state index is 9.75. The Hall–Kier alpha value is -0.255. The van der Waals surface area contributed by atoms with Crippen LogP contribution in [0.4, 0.5) is 17.3 Å². The van der Waals surface area contributed by atoms with Crippen molar-refractivity contribution >= 4 is 7.25 Å². The third-order valence-electron chi connectivity index (χ3n) is 1.50. The maximum Gasteiger partial charge on any atom is 0.673 e. The summed E-state index contributed by atoms with van der Waals surface area (Å²) in [5, 5.41) is 0. The average Bonchev–Trinajstić information content (AvgIpc) is 1.88. The summed E-state index contributed by atoms with van der Waals surface area (Å²) < 4.78 is 39.0. The zero-order chi connectivity index (χ0) is 10.2. The number of halogens is 4. The molecule has 0 aromatic carbocycles. The molecule has 0 unspecified atom stereocenters. The Morgan fingerprint density at radius 2 is 1.00 bits per heavy atom. The lowest BCUT2D eigenvalue weighted by molar-refractivity contribution is -0.894. The van der Waals surface area contributed by atoms with Gasteiger partial charge in [0.25, 0.3) is 0 Å². The molecule has 0 radical (unpaired) electrons. The van der Waals surface area contributed by atoms with Gasteiger partial charge in [0.15, 0.2) is 0 Å². The number of quaternary nitrogens is 1. The summed E-state index contributed by atoms with van der Waals surface area (Å²) in [7, 11) is -6.00. The molecule has 0 atom stereocenters. The molecule has 0 aliphatic carbocycles. The predicted octanol–water partition coefficient (Wildman–Crippen LogP) is 1.87. The average molecular weight is 205 g/mol. The lowest BCUT2D eigenvalue weighted by Crippen LogP contribution is -3.11. The SMILES string of the molecule is C.CC[NH+](CC)CC.F[B-](F)(F)F. The summed E-state index contributed by atoms with van der Waals surface area (Å²) >= 11 is 0. The second-order valence-corrected chi connectivity index (χ2v) is 2.31. The molecule has 0 saturated carbocycles. The molecule has 0 fully saturated rings. The standard InChI is InChI=1S/C6H15N.CH4.BF4/c1-4-7(5-2)6-3;;2-1(3,4)5/h4-6H2,1-3H3;1H4;/q;;-1/p+1. The van der Waals surface area contributed by atoms with Gasteiger partial charge in [0.1, 0.15) is 0 Å². The zero-order valence-corrected chi connectivity index (χ0v) is 7.71. The summed E-state index contributed by atoms with van der Waals surface area (Å²) in [6.07, 6.45) is 0. The van der Waals surface area contributed by atoms with Gasteiger partial charge in [0.2, 0.25) is 0 Å². The Balaban J connectivity index is -0.000000150. The van der Waals surface area contributed by atoms with Crippen molar-refractivity contribution in [3.63, 3.8) is 0 Å². The Labute approximate surface area is 78.2 Å². The van der Waals surface area contributed by atoms with Crippen molar-refractivity contribution in [3.05, 3.63) is 0 Å². The molecule has 84 valence electrons. The molecule has 0 bridgehead atoms. The summed E-state index contributed by atoms with van der Waals surface area (Å²) in [5.41, 5.74) is 0. The van der Waals surface area contributed by atoms with E-state index in [1.165, 1.54) is 19.6 Å². The molecule has 0 aromatic heterocycles. The molecule has 0 aliphatic heterocycles. The quantitative estimate of drug-likeness (QED) is 0.529. The van der Waals surface area contributed by atoms with Gasteiger partial charge in [-0.3, -0.25) is 0 Å². The summed E-state index contributed by atoms with van der Waals surface area (Å²) in [6.45, 7) is 10.5. The van der Waals surface area contributed by atoms with E-state index in [4.69, 9.17) is 0 Å². The smallest absolute Gasteiger partial charge is 0.418 e. The Kier molecular flexibility index (Phi) is 14.0. The van der Waals surface area contributed by atoms with Crippen LogP contribution in [0.1, 0.15) is 28.2 Å². The first-order chi connectivity index (χ1) is 5.35. The van der Waals surface area contributed by atoms with E-state index in [0.717, 1.165) is 0 Å². The number of rotatable bonds is 3. The topological polar surface area (TPSA) is 4.44 Å². The molecule has 0 rings (SSSR count). The van der Waals surface area contributed by atoms with Crippen LogP contribution in [0.3, 0.4) is 0 Å². The Morgan fingerprint density at radius 1 is 0.846 bits per heavy atom. The van der Waals surface area contributed by atoms with Crippen molar-refractivity contribution in [2.75, 3.05) is 19.6 Å². The molecular weight excluding hydrogens is 185 g/mol. The molecular formula is C7H20BF4N. The second kappa shape index (κ2) is 9.83. The van der Waals surface area contributed by atoms with Crippen molar-refractivity contribution in [2.24, 2.45) is 0 Å². The summed E-state index contributed by atoms with van der Waals surface area (Å²) in [5.74, 6) is 0. The van der Waals surface area contributed by atoms with Crippen molar-refractivity contribution in [1.29, 1.82) is 0 Å². The van der Waals surface area contributed by atoms with Crippen LogP contribution in [-0.2, 0) is 0 Å². The largest absolute Gasteiger partial charge is 0.673 e. The first-order valence-corrected chi connectivity index (χ1v) is 4.05. The van der Waals surface area contributed by atoms with Crippen molar-refractivity contribution in [3.8, 4) is 0 Å². The van der Waals surface area contributed by atoms with Gasteiger partial charge in [-0.2, -0.15) is 0 Å². The number of hydrogen-bond acceptors (Lipinski definition) is 0. The fraction of sp³-hybridized carbons (Fsp3) is 1.00. The van der Waals surface area contributed by atoms with Gasteiger partial charge in [0, 0.05) is 0 Å². The van der Waals surface area contributed by atoms with E-state index < -0.39 is 7.25 Å². The van der Waals surface area contributed by atoms with Gasteiger partial charge in [-0.25, -0.2) is 0 Å². The monoisotopic (exact) mass is 205 g/mol. The predicted molar refractivity (Wildman–Crippen MR) is 49.5 cm³/mol. The van der Waals surface area contributed by atoms with Crippen LogP contribution in [0.5, 0.6) is 0 Å².